The summed E-state index contributed by atoms with van der Waals surface area (Å²) in [5.74, 6) is 1.03. The lowest BCUT2D eigenvalue weighted by atomic mass is 10.1. The fourth-order valence-electron chi connectivity index (χ4n) is 4.49. The quantitative estimate of drug-likeness (QED) is 0.130. The molecular formula is C26H23ClN4O4S. The first-order valence-electron chi connectivity index (χ1n) is 11.4. The fourth-order valence-corrected chi connectivity index (χ4v) is 5.91. The number of nitro groups is 1. The van der Waals surface area contributed by atoms with Gasteiger partial charge in [-0.15, -0.1) is 11.8 Å². The largest absolute Gasteiger partial charge is 0.497 e. The number of benzene rings is 3. The number of aromatic nitrogens is 1. The molecule has 1 atom stereocenters. The lowest BCUT2D eigenvalue weighted by Gasteiger charge is -2.24. The van der Waals surface area contributed by atoms with E-state index in [0.29, 0.717) is 35.8 Å². The number of hydrogen-bond acceptors (Lipinski definition) is 7. The van der Waals surface area contributed by atoms with Crippen molar-refractivity contribution >= 4 is 62.5 Å². The fraction of sp³-hybridized carbons (Fsp3) is 0.231. The molecule has 1 aliphatic heterocycles. The third kappa shape index (κ3) is 4.64. The van der Waals surface area contributed by atoms with Crippen LogP contribution in [0.3, 0.4) is 0 Å². The van der Waals surface area contributed by atoms with Crippen LogP contribution in [-0.4, -0.2) is 46.7 Å². The summed E-state index contributed by atoms with van der Waals surface area (Å²) in [5.41, 5.74) is 3.11. The van der Waals surface area contributed by atoms with Crippen molar-refractivity contribution in [1.82, 2.24) is 9.88 Å². The SMILES string of the molecule is COc1ccc2nc3cc(Cl)ccc3c(NCCCN3C(=O)CSC3c3ccccc3[N+](=O)[O-])c2c1. The highest BCUT2D eigenvalue weighted by Gasteiger charge is 2.36. The molecule has 1 aromatic heterocycles. The highest BCUT2D eigenvalue weighted by atomic mass is 35.5. The van der Waals surface area contributed by atoms with Gasteiger partial charge < -0.3 is 15.0 Å². The molecule has 2 heterocycles. The predicted octanol–water partition coefficient (Wildman–Crippen LogP) is 6.03. The van der Waals surface area contributed by atoms with Gasteiger partial charge in [-0.1, -0.05) is 23.7 Å². The molecule has 1 N–H and O–H groups in total. The van der Waals surface area contributed by atoms with Crippen molar-refractivity contribution in [3.05, 3.63) is 81.4 Å². The van der Waals surface area contributed by atoms with Crippen LogP contribution in [0.25, 0.3) is 21.8 Å². The Balaban J connectivity index is 1.37. The van der Waals surface area contributed by atoms with Gasteiger partial charge in [0, 0.05) is 35.0 Å². The van der Waals surface area contributed by atoms with Crippen molar-refractivity contribution < 1.29 is 14.5 Å². The lowest BCUT2D eigenvalue weighted by molar-refractivity contribution is -0.385. The van der Waals surface area contributed by atoms with Crippen LogP contribution in [0.15, 0.2) is 60.7 Å². The molecule has 184 valence electrons. The molecule has 0 spiro atoms. The Kier molecular flexibility index (Phi) is 6.84. The minimum Gasteiger partial charge on any atom is -0.497 e. The maximum absolute atomic E-state index is 12.6. The van der Waals surface area contributed by atoms with Gasteiger partial charge in [-0.2, -0.15) is 0 Å². The summed E-state index contributed by atoms with van der Waals surface area (Å²) < 4.78 is 5.42. The molecule has 1 unspecified atom stereocenters. The van der Waals surface area contributed by atoms with Gasteiger partial charge in [0.05, 0.1) is 40.1 Å². The Morgan fingerprint density at radius 2 is 2.00 bits per heavy atom. The van der Waals surface area contributed by atoms with Crippen LogP contribution in [0.5, 0.6) is 5.75 Å². The molecule has 0 saturated carbocycles. The van der Waals surface area contributed by atoms with Crippen molar-refractivity contribution in [2.75, 3.05) is 31.3 Å². The van der Waals surface area contributed by atoms with Crippen LogP contribution in [0.4, 0.5) is 11.4 Å². The molecule has 4 aromatic rings. The van der Waals surface area contributed by atoms with E-state index in [1.807, 2.05) is 36.4 Å². The second-order valence-corrected chi connectivity index (χ2v) is 9.88. The predicted molar refractivity (Wildman–Crippen MR) is 144 cm³/mol. The Morgan fingerprint density at radius 1 is 1.17 bits per heavy atom. The summed E-state index contributed by atoms with van der Waals surface area (Å²) >= 11 is 7.64. The average molecular weight is 523 g/mol. The standard InChI is InChI=1S/C26H23ClN4O4S/c1-35-17-8-10-21-20(14-17)25(18-9-7-16(27)13-22(18)29-21)28-11-4-12-30-24(32)15-36-26(30)19-5-2-3-6-23(19)31(33)34/h2-3,5-10,13-14,26H,4,11-12,15H2,1H3,(H,28,29). The molecule has 8 nitrogen and oxygen atoms in total. The molecule has 5 rings (SSSR count). The van der Waals surface area contributed by atoms with Gasteiger partial charge in [-0.3, -0.25) is 14.9 Å². The van der Waals surface area contributed by atoms with Crippen LogP contribution in [-0.2, 0) is 4.79 Å². The molecule has 1 fully saturated rings. The van der Waals surface area contributed by atoms with E-state index in [1.165, 1.54) is 17.8 Å². The minimum atomic E-state index is -0.390. The van der Waals surface area contributed by atoms with Crippen LogP contribution in [0.2, 0.25) is 5.02 Å². The number of nitrogens with zero attached hydrogens (tertiary/aromatic N) is 3. The summed E-state index contributed by atoms with van der Waals surface area (Å²) in [6, 6.07) is 18.0. The van der Waals surface area contributed by atoms with E-state index in [0.717, 1.165) is 33.2 Å². The van der Waals surface area contributed by atoms with E-state index < -0.39 is 4.92 Å². The summed E-state index contributed by atoms with van der Waals surface area (Å²) in [7, 11) is 1.63. The second-order valence-electron chi connectivity index (χ2n) is 8.38. The zero-order chi connectivity index (χ0) is 25.2. The number of nitrogens with one attached hydrogen (secondary N) is 1. The molecule has 10 heteroatoms. The Hall–Kier alpha value is -3.56. The number of thioether (sulfide) groups is 1. The number of ether oxygens (including phenoxy) is 1. The number of nitro benzene ring substituents is 1. The summed E-state index contributed by atoms with van der Waals surface area (Å²) in [4.78, 5) is 30.3. The van der Waals surface area contributed by atoms with Gasteiger partial charge in [0.2, 0.25) is 5.91 Å². The van der Waals surface area contributed by atoms with E-state index in [2.05, 4.69) is 5.32 Å². The van der Waals surface area contributed by atoms with E-state index in [4.69, 9.17) is 21.3 Å². The summed E-state index contributed by atoms with van der Waals surface area (Å²) in [6.07, 6.45) is 0.659. The van der Waals surface area contributed by atoms with Crippen molar-refractivity contribution in [3.8, 4) is 5.75 Å². The van der Waals surface area contributed by atoms with Gasteiger partial charge in [-0.05, 0) is 48.9 Å². The second kappa shape index (κ2) is 10.2. The maximum Gasteiger partial charge on any atom is 0.275 e. The number of carbonyl (C=O) groups excluding carboxylic acids is 1. The monoisotopic (exact) mass is 522 g/mol. The number of rotatable bonds is 8. The summed E-state index contributed by atoms with van der Waals surface area (Å²) in [5, 5.41) is 17.2. The third-order valence-electron chi connectivity index (χ3n) is 6.19. The first-order valence-corrected chi connectivity index (χ1v) is 12.8. The van der Waals surface area contributed by atoms with Gasteiger partial charge >= 0.3 is 0 Å². The van der Waals surface area contributed by atoms with Crippen molar-refractivity contribution in [2.24, 2.45) is 0 Å². The Bertz CT molecular complexity index is 1480. The van der Waals surface area contributed by atoms with Crippen LogP contribution < -0.4 is 10.1 Å². The number of halogens is 1. The summed E-state index contributed by atoms with van der Waals surface area (Å²) in [6.45, 7) is 1.07. The molecule has 0 bridgehead atoms. The zero-order valence-electron chi connectivity index (χ0n) is 19.4. The molecule has 0 radical (unpaired) electrons. The molecular weight excluding hydrogens is 500 g/mol. The minimum absolute atomic E-state index is 0.0117. The van der Waals surface area contributed by atoms with Crippen molar-refractivity contribution in [3.63, 3.8) is 0 Å². The first-order chi connectivity index (χ1) is 17.5. The number of fused-ring (bicyclic) bond motifs is 2. The number of carbonyl (C=O) groups is 1. The van der Waals surface area contributed by atoms with Crippen LogP contribution in [0, 0.1) is 10.1 Å². The zero-order valence-corrected chi connectivity index (χ0v) is 21.0. The van der Waals surface area contributed by atoms with Crippen LogP contribution >= 0.6 is 23.4 Å². The maximum atomic E-state index is 12.6. The normalized spacial score (nSPS) is 15.6. The first kappa shape index (κ1) is 24.1. The number of methoxy groups -OCH3 is 1. The number of pyridine rings is 1. The van der Waals surface area contributed by atoms with Gasteiger partial charge in [-0.25, -0.2) is 4.98 Å². The van der Waals surface area contributed by atoms with Gasteiger partial charge in [0.1, 0.15) is 11.1 Å². The van der Waals surface area contributed by atoms with Crippen LogP contribution in [0.1, 0.15) is 17.4 Å². The number of anilines is 1. The Labute approximate surface area is 216 Å². The average Bonchev–Trinajstić information content (AvgIpc) is 3.25. The number of hydrogen-bond donors (Lipinski definition) is 1. The van der Waals surface area contributed by atoms with E-state index >= 15 is 0 Å². The highest BCUT2D eigenvalue weighted by Crippen LogP contribution is 2.42. The highest BCUT2D eigenvalue weighted by molar-refractivity contribution is 8.00. The Morgan fingerprint density at radius 3 is 2.81 bits per heavy atom. The third-order valence-corrected chi connectivity index (χ3v) is 7.66. The van der Waals surface area contributed by atoms with Crippen molar-refractivity contribution in [2.45, 2.75) is 11.8 Å². The van der Waals surface area contributed by atoms with E-state index in [1.54, 1.807) is 30.2 Å². The van der Waals surface area contributed by atoms with Gasteiger partial charge in [0.15, 0.2) is 0 Å². The lowest BCUT2D eigenvalue weighted by Crippen LogP contribution is -2.30. The van der Waals surface area contributed by atoms with E-state index in [9.17, 15) is 14.9 Å². The number of amides is 1. The van der Waals surface area contributed by atoms with Crippen molar-refractivity contribution in [1.29, 1.82) is 0 Å². The van der Waals surface area contributed by atoms with Gasteiger partial charge in [0.25, 0.3) is 5.69 Å². The van der Waals surface area contributed by atoms with E-state index in [-0.39, 0.29) is 17.0 Å². The molecule has 3 aromatic carbocycles. The number of para-hydroxylation sites is 1. The molecule has 0 aliphatic carbocycles. The molecule has 36 heavy (non-hydrogen) atoms. The smallest absolute Gasteiger partial charge is 0.275 e. The molecule has 1 amide bonds. The molecule has 1 saturated heterocycles. The molecule has 1 aliphatic rings. The topological polar surface area (TPSA) is 97.6 Å².